The maximum absolute atomic E-state index is 7.37. The first-order valence-corrected chi connectivity index (χ1v) is 11.4. The number of fused-ring (bicyclic) bond motifs is 3. The van der Waals surface area contributed by atoms with Gasteiger partial charge in [-0.15, -0.1) is 0 Å². The highest BCUT2D eigenvalue weighted by atomic mass is 14.9. The van der Waals surface area contributed by atoms with E-state index in [-0.39, 0.29) is 5.54 Å². The van der Waals surface area contributed by atoms with Gasteiger partial charge in [0.05, 0.1) is 0 Å². The minimum atomic E-state index is 0.0342. The second kappa shape index (κ2) is 8.11. The van der Waals surface area contributed by atoms with Crippen LogP contribution in [-0.4, -0.2) is 5.54 Å². The van der Waals surface area contributed by atoms with Crippen molar-refractivity contribution in [3.05, 3.63) is 48.6 Å². The van der Waals surface area contributed by atoms with Gasteiger partial charge in [-0.25, -0.2) is 0 Å². The fourth-order valence-corrected chi connectivity index (χ4v) is 7.33. The second-order valence-corrected chi connectivity index (χ2v) is 9.50. The fourth-order valence-electron chi connectivity index (χ4n) is 7.33. The van der Waals surface area contributed by atoms with E-state index in [9.17, 15) is 0 Å². The molecule has 3 rings (SSSR count). The molecule has 0 aliphatic heterocycles. The molecule has 0 aromatic rings. The van der Waals surface area contributed by atoms with Gasteiger partial charge in [0.25, 0.3) is 0 Å². The molecule has 2 N–H and O–H groups in total. The molecular weight excluding hydrogens is 326 g/mol. The lowest BCUT2D eigenvalue weighted by atomic mass is 9.45. The molecule has 150 valence electrons. The lowest BCUT2D eigenvalue weighted by molar-refractivity contribution is -0.0560. The van der Waals surface area contributed by atoms with E-state index >= 15 is 0 Å². The first-order chi connectivity index (χ1) is 13.0. The van der Waals surface area contributed by atoms with Gasteiger partial charge >= 0.3 is 0 Å². The second-order valence-electron chi connectivity index (χ2n) is 9.50. The molecule has 27 heavy (non-hydrogen) atoms. The lowest BCUT2D eigenvalue weighted by Crippen LogP contribution is -2.63. The zero-order chi connectivity index (χ0) is 19.7. The standard InChI is InChI=1S/C26H41N/c1-6-10-11-22-20(8-3)12-13-24-25(22,9-4)16-15-23-21(18-19(5)7-2)14-17-26(23,24)27/h6,8,10-11,21-24H,1,5,7,9,12-18,27H2,2-4H3/b11-10-,20-8-. The Morgan fingerprint density at radius 1 is 1.22 bits per heavy atom. The molecule has 3 fully saturated rings. The third-order valence-electron chi connectivity index (χ3n) is 8.73. The molecule has 0 bridgehead atoms. The Hall–Kier alpha value is -1.08. The van der Waals surface area contributed by atoms with Crippen LogP contribution in [0.4, 0.5) is 0 Å². The summed E-state index contributed by atoms with van der Waals surface area (Å²) >= 11 is 0. The van der Waals surface area contributed by atoms with Crippen molar-refractivity contribution >= 4 is 0 Å². The van der Waals surface area contributed by atoms with E-state index in [1.807, 2.05) is 6.08 Å². The molecule has 0 saturated heterocycles. The van der Waals surface area contributed by atoms with Crippen LogP contribution in [0.15, 0.2) is 48.6 Å². The summed E-state index contributed by atoms with van der Waals surface area (Å²) < 4.78 is 0. The summed E-state index contributed by atoms with van der Waals surface area (Å²) in [7, 11) is 0. The van der Waals surface area contributed by atoms with Crippen LogP contribution in [0.25, 0.3) is 0 Å². The van der Waals surface area contributed by atoms with Crippen molar-refractivity contribution in [1.29, 1.82) is 0 Å². The maximum Gasteiger partial charge on any atom is 0.0220 e. The first kappa shape index (κ1) is 20.6. The van der Waals surface area contributed by atoms with E-state index in [1.54, 1.807) is 5.57 Å². The van der Waals surface area contributed by atoms with Gasteiger partial charge in [-0.3, -0.25) is 0 Å². The minimum Gasteiger partial charge on any atom is -0.325 e. The quantitative estimate of drug-likeness (QED) is 0.398. The first-order valence-electron chi connectivity index (χ1n) is 11.4. The van der Waals surface area contributed by atoms with Crippen LogP contribution >= 0.6 is 0 Å². The molecular formula is C26H41N. The molecule has 1 nitrogen and oxygen atoms in total. The van der Waals surface area contributed by atoms with Crippen molar-refractivity contribution in [3.63, 3.8) is 0 Å². The molecule has 0 spiro atoms. The van der Waals surface area contributed by atoms with Crippen molar-refractivity contribution in [1.82, 2.24) is 0 Å². The zero-order valence-corrected chi connectivity index (χ0v) is 18.0. The van der Waals surface area contributed by atoms with Crippen LogP contribution in [0.2, 0.25) is 0 Å². The van der Waals surface area contributed by atoms with Crippen molar-refractivity contribution in [2.45, 2.75) is 84.1 Å². The van der Waals surface area contributed by atoms with Crippen LogP contribution in [-0.2, 0) is 0 Å². The average Bonchev–Trinajstić information content (AvgIpc) is 3.01. The van der Waals surface area contributed by atoms with E-state index in [0.29, 0.717) is 23.2 Å². The van der Waals surface area contributed by atoms with Gasteiger partial charge in [-0.2, -0.15) is 0 Å². The van der Waals surface area contributed by atoms with E-state index in [2.05, 4.69) is 52.2 Å². The summed E-state index contributed by atoms with van der Waals surface area (Å²) in [5, 5.41) is 0. The Morgan fingerprint density at radius 3 is 2.63 bits per heavy atom. The van der Waals surface area contributed by atoms with Crippen molar-refractivity contribution < 1.29 is 0 Å². The average molecular weight is 368 g/mol. The normalized spacial score (nSPS) is 42.9. The van der Waals surface area contributed by atoms with Crippen LogP contribution in [0, 0.1) is 29.1 Å². The lowest BCUT2D eigenvalue weighted by Gasteiger charge is -2.61. The van der Waals surface area contributed by atoms with Gasteiger partial charge in [0.15, 0.2) is 0 Å². The van der Waals surface area contributed by atoms with Gasteiger partial charge in [0.2, 0.25) is 0 Å². The Morgan fingerprint density at radius 2 is 2.00 bits per heavy atom. The molecule has 3 saturated carbocycles. The summed E-state index contributed by atoms with van der Waals surface area (Å²) in [5.41, 5.74) is 10.8. The molecule has 1 heteroatoms. The number of rotatable bonds is 6. The number of hydrogen-bond donors (Lipinski definition) is 1. The molecule has 0 radical (unpaired) electrons. The molecule has 0 amide bonds. The molecule has 6 atom stereocenters. The largest absolute Gasteiger partial charge is 0.325 e. The molecule has 0 heterocycles. The fraction of sp³-hybridized carbons (Fsp3) is 0.692. The Balaban J connectivity index is 1.95. The summed E-state index contributed by atoms with van der Waals surface area (Å²) in [6.45, 7) is 15.1. The third-order valence-corrected chi connectivity index (χ3v) is 8.73. The Labute approximate surface area is 167 Å². The molecule has 0 aromatic carbocycles. The van der Waals surface area contributed by atoms with Gasteiger partial charge in [0.1, 0.15) is 0 Å². The van der Waals surface area contributed by atoms with Crippen LogP contribution in [0.5, 0.6) is 0 Å². The van der Waals surface area contributed by atoms with E-state index < -0.39 is 0 Å². The van der Waals surface area contributed by atoms with Gasteiger partial charge in [0, 0.05) is 11.5 Å². The van der Waals surface area contributed by atoms with Crippen molar-refractivity contribution in [3.8, 4) is 0 Å². The van der Waals surface area contributed by atoms with E-state index in [4.69, 9.17) is 5.73 Å². The highest BCUT2D eigenvalue weighted by Crippen LogP contribution is 2.65. The maximum atomic E-state index is 7.37. The van der Waals surface area contributed by atoms with Gasteiger partial charge in [-0.05, 0) is 87.9 Å². The SMILES string of the molecule is C=C/C=C\C1/C(=C\C)CCC2C3(N)CCC(CC(=C)CC)C3CCC12CC. The van der Waals surface area contributed by atoms with Crippen molar-refractivity contribution in [2.75, 3.05) is 0 Å². The molecule has 3 aliphatic carbocycles. The number of allylic oxidation sites excluding steroid dienone is 6. The third kappa shape index (κ3) is 3.31. The van der Waals surface area contributed by atoms with Gasteiger partial charge < -0.3 is 5.73 Å². The van der Waals surface area contributed by atoms with E-state index in [1.165, 1.54) is 56.9 Å². The Kier molecular flexibility index (Phi) is 6.21. The number of nitrogens with two attached hydrogens (primary N) is 1. The summed E-state index contributed by atoms with van der Waals surface area (Å²) in [5.74, 6) is 2.65. The van der Waals surface area contributed by atoms with Crippen LogP contribution in [0.1, 0.15) is 78.6 Å². The number of hydrogen-bond acceptors (Lipinski definition) is 1. The highest BCUT2D eigenvalue weighted by Gasteiger charge is 2.62. The molecule has 3 aliphatic rings. The predicted octanol–water partition coefficient (Wildman–Crippen LogP) is 6.97. The summed E-state index contributed by atoms with van der Waals surface area (Å²) in [6.07, 6.45) is 20.1. The zero-order valence-electron chi connectivity index (χ0n) is 18.0. The van der Waals surface area contributed by atoms with Crippen molar-refractivity contribution in [2.24, 2.45) is 34.8 Å². The predicted molar refractivity (Wildman–Crippen MR) is 118 cm³/mol. The highest BCUT2D eigenvalue weighted by molar-refractivity contribution is 5.28. The van der Waals surface area contributed by atoms with E-state index in [0.717, 1.165) is 12.3 Å². The molecule has 0 aromatic heterocycles. The monoisotopic (exact) mass is 367 g/mol. The van der Waals surface area contributed by atoms with Gasteiger partial charge in [-0.1, -0.05) is 62.5 Å². The topological polar surface area (TPSA) is 26.0 Å². The minimum absolute atomic E-state index is 0.0342. The smallest absolute Gasteiger partial charge is 0.0220 e. The summed E-state index contributed by atoms with van der Waals surface area (Å²) in [6, 6.07) is 0. The van der Waals surface area contributed by atoms with Crippen LogP contribution < -0.4 is 5.73 Å². The Bertz CT molecular complexity index is 626. The van der Waals surface area contributed by atoms with Crippen LogP contribution in [0.3, 0.4) is 0 Å². The molecule has 6 unspecified atom stereocenters. The summed E-state index contributed by atoms with van der Waals surface area (Å²) in [4.78, 5) is 0.